The minimum Gasteiger partial charge on any atom is -0.310 e. The van der Waals surface area contributed by atoms with Crippen molar-refractivity contribution in [2.45, 2.75) is 5.41 Å². The number of rotatable bonds is 5. The number of hydrogen-bond donors (Lipinski definition) is 0. The molecular formula is C37H26ClN. The second-order valence-electron chi connectivity index (χ2n) is 9.91. The first kappa shape index (κ1) is 23.5. The van der Waals surface area contributed by atoms with E-state index in [1.165, 1.54) is 33.4 Å². The van der Waals surface area contributed by atoms with Crippen molar-refractivity contribution < 1.29 is 0 Å². The number of fused-ring (bicyclic) bond motifs is 3. The molecule has 2 heteroatoms. The molecule has 0 radical (unpaired) electrons. The fraction of sp³-hybridized carbons (Fsp3) is 0.0270. The van der Waals surface area contributed by atoms with Gasteiger partial charge in [0.25, 0.3) is 0 Å². The molecule has 0 atom stereocenters. The van der Waals surface area contributed by atoms with E-state index >= 15 is 0 Å². The molecule has 1 nitrogen and oxygen atoms in total. The maximum Gasteiger partial charge on any atom is 0.0714 e. The molecule has 7 rings (SSSR count). The average Bonchev–Trinajstić information content (AvgIpc) is 3.29. The summed E-state index contributed by atoms with van der Waals surface area (Å²) in [5.41, 5.74) is 10.4. The maximum absolute atomic E-state index is 6.50. The third-order valence-corrected chi connectivity index (χ3v) is 8.02. The zero-order valence-corrected chi connectivity index (χ0v) is 22.1. The van der Waals surface area contributed by atoms with Crippen LogP contribution in [-0.2, 0) is 5.41 Å². The van der Waals surface area contributed by atoms with Gasteiger partial charge in [-0.2, -0.15) is 0 Å². The van der Waals surface area contributed by atoms with Crippen LogP contribution >= 0.6 is 11.6 Å². The predicted octanol–water partition coefficient (Wildman–Crippen LogP) is 10.2. The van der Waals surface area contributed by atoms with Gasteiger partial charge in [-0.05, 0) is 75.8 Å². The van der Waals surface area contributed by atoms with E-state index < -0.39 is 5.41 Å². The van der Waals surface area contributed by atoms with Crippen LogP contribution in [0.2, 0.25) is 5.02 Å². The third kappa shape index (κ3) is 3.78. The number of halogens is 1. The first-order valence-electron chi connectivity index (χ1n) is 13.2. The lowest BCUT2D eigenvalue weighted by Gasteiger charge is -2.35. The number of hydrogen-bond acceptors (Lipinski definition) is 1. The molecule has 1 aliphatic carbocycles. The van der Waals surface area contributed by atoms with Gasteiger partial charge in [-0.15, -0.1) is 0 Å². The largest absolute Gasteiger partial charge is 0.310 e. The van der Waals surface area contributed by atoms with Crippen molar-refractivity contribution >= 4 is 28.7 Å². The molecule has 0 amide bonds. The van der Waals surface area contributed by atoms with Crippen molar-refractivity contribution in [1.29, 1.82) is 0 Å². The lowest BCUT2D eigenvalue weighted by Crippen LogP contribution is -2.28. The lowest BCUT2D eigenvalue weighted by molar-refractivity contribution is 0.768. The zero-order chi connectivity index (χ0) is 26.2. The van der Waals surface area contributed by atoms with Gasteiger partial charge in [0.15, 0.2) is 0 Å². The molecule has 186 valence electrons. The van der Waals surface area contributed by atoms with Crippen LogP contribution in [0.15, 0.2) is 158 Å². The van der Waals surface area contributed by atoms with Gasteiger partial charge in [0.05, 0.1) is 5.41 Å². The SMILES string of the molecule is Clc1cccc(N(c2ccccc2)c2ccc3c(c2)C(c2ccccc2)(c2ccccc2)c2ccccc2-3)c1. The molecular weight excluding hydrogens is 494 g/mol. The fourth-order valence-electron chi connectivity index (χ4n) is 6.21. The number of nitrogens with zero attached hydrogens (tertiary/aromatic N) is 1. The molecule has 0 fully saturated rings. The van der Waals surface area contributed by atoms with E-state index in [1.807, 2.05) is 18.2 Å². The number of benzene rings is 6. The molecule has 1 aliphatic rings. The molecule has 0 N–H and O–H groups in total. The predicted molar refractivity (Wildman–Crippen MR) is 163 cm³/mol. The van der Waals surface area contributed by atoms with E-state index in [4.69, 9.17) is 11.6 Å². The molecule has 0 saturated heterocycles. The topological polar surface area (TPSA) is 3.24 Å². The van der Waals surface area contributed by atoms with Crippen LogP contribution < -0.4 is 4.90 Å². The van der Waals surface area contributed by atoms with Crippen LogP contribution in [0.4, 0.5) is 17.1 Å². The average molecular weight is 520 g/mol. The summed E-state index contributed by atoms with van der Waals surface area (Å²) in [7, 11) is 0. The Morgan fingerprint density at radius 3 is 1.62 bits per heavy atom. The van der Waals surface area contributed by atoms with Gasteiger partial charge in [0.2, 0.25) is 0 Å². The molecule has 0 aromatic heterocycles. The summed E-state index contributed by atoms with van der Waals surface area (Å²) in [6.07, 6.45) is 0. The van der Waals surface area contributed by atoms with Gasteiger partial charge in [-0.3, -0.25) is 0 Å². The van der Waals surface area contributed by atoms with Crippen molar-refractivity contribution in [2.24, 2.45) is 0 Å². The van der Waals surface area contributed by atoms with E-state index in [1.54, 1.807) is 0 Å². The quantitative estimate of drug-likeness (QED) is 0.218. The Hall–Kier alpha value is -4.59. The Balaban J connectivity index is 1.55. The lowest BCUT2D eigenvalue weighted by atomic mass is 9.67. The molecule has 0 spiro atoms. The smallest absolute Gasteiger partial charge is 0.0714 e. The summed E-state index contributed by atoms with van der Waals surface area (Å²) < 4.78 is 0. The number of anilines is 3. The van der Waals surface area contributed by atoms with Crippen LogP contribution in [0.3, 0.4) is 0 Å². The third-order valence-electron chi connectivity index (χ3n) is 7.78. The monoisotopic (exact) mass is 519 g/mol. The van der Waals surface area contributed by atoms with Gasteiger partial charge in [0.1, 0.15) is 0 Å². The highest BCUT2D eigenvalue weighted by Crippen LogP contribution is 2.57. The second-order valence-corrected chi connectivity index (χ2v) is 10.3. The normalized spacial score (nSPS) is 12.9. The van der Waals surface area contributed by atoms with Crippen LogP contribution in [0.1, 0.15) is 22.3 Å². The highest BCUT2D eigenvalue weighted by Gasteiger charge is 2.46. The highest BCUT2D eigenvalue weighted by molar-refractivity contribution is 6.30. The second kappa shape index (κ2) is 9.62. The van der Waals surface area contributed by atoms with Crippen molar-refractivity contribution in [3.05, 3.63) is 185 Å². The standard InChI is InChI=1S/C37H26ClN/c38-29-17-12-20-31(25-29)39(30-18-8-3-9-19-30)32-23-24-34-33-21-10-11-22-35(33)37(36(34)26-32,27-13-4-1-5-14-27)28-15-6-2-7-16-28/h1-26H. The van der Waals surface area contributed by atoms with Crippen LogP contribution in [0.5, 0.6) is 0 Å². The van der Waals surface area contributed by atoms with Gasteiger partial charge in [0, 0.05) is 22.1 Å². The van der Waals surface area contributed by atoms with Gasteiger partial charge >= 0.3 is 0 Å². The van der Waals surface area contributed by atoms with Crippen LogP contribution in [-0.4, -0.2) is 0 Å². The van der Waals surface area contributed by atoms with Gasteiger partial charge in [-0.1, -0.05) is 127 Å². The van der Waals surface area contributed by atoms with Gasteiger partial charge < -0.3 is 4.90 Å². The molecule has 0 saturated carbocycles. The summed E-state index contributed by atoms with van der Waals surface area (Å²) in [5, 5.41) is 0.713. The Kier molecular flexibility index (Phi) is 5.80. The minimum atomic E-state index is -0.443. The summed E-state index contributed by atoms with van der Waals surface area (Å²) in [6.45, 7) is 0. The van der Waals surface area contributed by atoms with Crippen LogP contribution in [0.25, 0.3) is 11.1 Å². The summed E-state index contributed by atoms with van der Waals surface area (Å²) in [6, 6.07) is 56.1. The Labute approximate surface area is 234 Å². The Morgan fingerprint density at radius 1 is 0.410 bits per heavy atom. The van der Waals surface area contributed by atoms with E-state index in [0.717, 1.165) is 17.1 Å². The minimum absolute atomic E-state index is 0.443. The fourth-order valence-corrected chi connectivity index (χ4v) is 6.40. The summed E-state index contributed by atoms with van der Waals surface area (Å²) >= 11 is 6.50. The molecule has 39 heavy (non-hydrogen) atoms. The van der Waals surface area contributed by atoms with Crippen molar-refractivity contribution in [3.8, 4) is 11.1 Å². The molecule has 0 bridgehead atoms. The molecule has 0 heterocycles. The van der Waals surface area contributed by atoms with Crippen molar-refractivity contribution in [3.63, 3.8) is 0 Å². The molecule has 0 unspecified atom stereocenters. The Bertz CT molecular complexity index is 1720. The van der Waals surface area contributed by atoms with E-state index in [0.29, 0.717) is 5.02 Å². The molecule has 0 aliphatic heterocycles. The number of para-hydroxylation sites is 1. The Morgan fingerprint density at radius 2 is 0.949 bits per heavy atom. The van der Waals surface area contributed by atoms with Crippen molar-refractivity contribution in [1.82, 2.24) is 0 Å². The molecule has 6 aromatic carbocycles. The first-order chi connectivity index (χ1) is 19.3. The zero-order valence-electron chi connectivity index (χ0n) is 21.3. The maximum atomic E-state index is 6.50. The summed E-state index contributed by atoms with van der Waals surface area (Å²) in [5.74, 6) is 0. The first-order valence-corrected chi connectivity index (χ1v) is 13.6. The van der Waals surface area contributed by atoms with E-state index in [9.17, 15) is 0 Å². The van der Waals surface area contributed by atoms with Crippen LogP contribution in [0, 0.1) is 0 Å². The van der Waals surface area contributed by atoms with E-state index in [2.05, 4.69) is 144 Å². The summed E-state index contributed by atoms with van der Waals surface area (Å²) in [4.78, 5) is 2.29. The molecule has 6 aromatic rings. The highest BCUT2D eigenvalue weighted by atomic mass is 35.5. The van der Waals surface area contributed by atoms with Crippen molar-refractivity contribution in [2.75, 3.05) is 4.90 Å². The van der Waals surface area contributed by atoms with E-state index in [-0.39, 0.29) is 0 Å². The van der Waals surface area contributed by atoms with Gasteiger partial charge in [-0.25, -0.2) is 0 Å².